The van der Waals surface area contributed by atoms with Crippen LogP contribution < -0.4 is 0 Å². The zero-order valence-electron chi connectivity index (χ0n) is 9.72. The van der Waals surface area contributed by atoms with Crippen LogP contribution in [0, 0.1) is 5.92 Å². The van der Waals surface area contributed by atoms with Gasteiger partial charge in [0.1, 0.15) is 5.69 Å². The van der Waals surface area contributed by atoms with E-state index in [1.165, 1.54) is 24.4 Å². The zero-order valence-corrected chi connectivity index (χ0v) is 10.5. The lowest BCUT2D eigenvalue weighted by Crippen LogP contribution is -2.39. The molecule has 5 heteroatoms. The highest BCUT2D eigenvalue weighted by atomic mass is 32.1. The lowest BCUT2D eigenvalue weighted by molar-refractivity contribution is -0.0866. The maximum absolute atomic E-state index is 12.2. The fourth-order valence-corrected chi connectivity index (χ4v) is 3.55. The zero-order chi connectivity index (χ0) is 11.7. The summed E-state index contributed by atoms with van der Waals surface area (Å²) in [4.78, 5) is 12.2. The largest absolute Gasteiger partial charge is 0.375 e. The second kappa shape index (κ2) is 4.46. The Morgan fingerprint density at radius 1 is 1.47 bits per heavy atom. The van der Waals surface area contributed by atoms with E-state index in [0.717, 1.165) is 25.7 Å². The third-order valence-corrected chi connectivity index (χ3v) is 4.50. The van der Waals surface area contributed by atoms with Gasteiger partial charge in [0.15, 0.2) is 5.78 Å². The average molecular weight is 252 g/mol. The van der Waals surface area contributed by atoms with Gasteiger partial charge in [0.05, 0.1) is 5.60 Å². The fraction of sp³-hybridized carbons (Fsp3) is 0.750. The van der Waals surface area contributed by atoms with Crippen molar-refractivity contribution in [2.24, 2.45) is 5.92 Å². The van der Waals surface area contributed by atoms with Gasteiger partial charge in [-0.25, -0.2) is 0 Å². The smallest absolute Gasteiger partial charge is 0.187 e. The number of carbonyl (C=O) groups excluding carboxylic acids is 1. The Morgan fingerprint density at radius 3 is 3.00 bits per heavy atom. The number of aromatic nitrogens is 2. The van der Waals surface area contributed by atoms with E-state index in [1.54, 1.807) is 5.38 Å². The van der Waals surface area contributed by atoms with E-state index in [2.05, 4.69) is 9.59 Å². The first kappa shape index (κ1) is 11.3. The molecule has 0 amide bonds. The van der Waals surface area contributed by atoms with E-state index in [-0.39, 0.29) is 17.3 Å². The van der Waals surface area contributed by atoms with Crippen molar-refractivity contribution in [2.75, 3.05) is 6.61 Å². The van der Waals surface area contributed by atoms with Gasteiger partial charge in [-0.2, -0.15) is 0 Å². The van der Waals surface area contributed by atoms with Crippen molar-refractivity contribution in [1.82, 2.24) is 9.59 Å². The third-order valence-electron chi connectivity index (χ3n) is 3.99. The number of ketones is 1. The van der Waals surface area contributed by atoms with Crippen LogP contribution in [0.1, 0.15) is 49.0 Å². The molecule has 17 heavy (non-hydrogen) atoms. The summed E-state index contributed by atoms with van der Waals surface area (Å²) >= 11 is 1.24. The number of rotatable bonds is 2. The molecule has 1 aliphatic heterocycles. The maximum Gasteiger partial charge on any atom is 0.187 e. The van der Waals surface area contributed by atoms with Crippen LogP contribution in [0.25, 0.3) is 0 Å². The monoisotopic (exact) mass is 252 g/mol. The second-order valence-corrected chi connectivity index (χ2v) is 5.69. The highest BCUT2D eigenvalue weighted by molar-refractivity contribution is 7.03. The molecule has 0 radical (unpaired) electrons. The predicted molar refractivity (Wildman–Crippen MR) is 64.1 cm³/mol. The van der Waals surface area contributed by atoms with Crippen molar-refractivity contribution in [1.29, 1.82) is 0 Å². The highest BCUT2D eigenvalue weighted by Crippen LogP contribution is 2.42. The highest BCUT2D eigenvalue weighted by Gasteiger charge is 2.42. The Hall–Kier alpha value is -0.810. The summed E-state index contributed by atoms with van der Waals surface area (Å²) in [5, 5.41) is 5.63. The molecule has 92 valence electrons. The third kappa shape index (κ3) is 2.13. The molecule has 2 fully saturated rings. The van der Waals surface area contributed by atoms with Gasteiger partial charge < -0.3 is 4.74 Å². The number of hydrogen-bond donors (Lipinski definition) is 0. The number of carbonyl (C=O) groups is 1. The quantitative estimate of drug-likeness (QED) is 0.759. The predicted octanol–water partition coefficient (Wildman–Crippen LogP) is 2.46. The minimum atomic E-state index is 0.00201. The van der Waals surface area contributed by atoms with E-state index in [4.69, 9.17) is 4.74 Å². The first-order valence-electron chi connectivity index (χ1n) is 6.24. The van der Waals surface area contributed by atoms with Crippen molar-refractivity contribution >= 4 is 17.3 Å². The SMILES string of the molecule is O=C(c1csnn1)C1CCOC2(CCCC2)C1. The van der Waals surface area contributed by atoms with Crippen LogP contribution in [-0.2, 0) is 4.74 Å². The molecule has 1 spiro atoms. The molecular weight excluding hydrogens is 236 g/mol. The first-order chi connectivity index (χ1) is 8.29. The van der Waals surface area contributed by atoms with Gasteiger partial charge in [-0.05, 0) is 37.2 Å². The van der Waals surface area contributed by atoms with Crippen LogP contribution in [0.4, 0.5) is 0 Å². The first-order valence-corrected chi connectivity index (χ1v) is 7.08. The van der Waals surface area contributed by atoms with Crippen LogP contribution in [0.3, 0.4) is 0 Å². The summed E-state index contributed by atoms with van der Waals surface area (Å²) < 4.78 is 9.71. The summed E-state index contributed by atoms with van der Waals surface area (Å²) in [6.07, 6.45) is 6.41. The van der Waals surface area contributed by atoms with Gasteiger partial charge in [-0.3, -0.25) is 4.79 Å². The number of Topliss-reactive ketones (excluding diaryl/α,β-unsaturated/α-hetero) is 1. The summed E-state index contributed by atoms with van der Waals surface area (Å²) in [6, 6.07) is 0. The molecule has 1 unspecified atom stereocenters. The molecule has 0 N–H and O–H groups in total. The normalized spacial score (nSPS) is 27.4. The Bertz CT molecular complexity index is 399. The van der Waals surface area contributed by atoms with Crippen molar-refractivity contribution in [3.63, 3.8) is 0 Å². The summed E-state index contributed by atoms with van der Waals surface area (Å²) in [7, 11) is 0. The van der Waals surface area contributed by atoms with Crippen LogP contribution >= 0.6 is 11.5 Å². The Balaban J connectivity index is 1.73. The lowest BCUT2D eigenvalue weighted by Gasteiger charge is -2.37. The van der Waals surface area contributed by atoms with Gasteiger partial charge in [-0.1, -0.05) is 17.3 Å². The summed E-state index contributed by atoms with van der Waals surface area (Å²) in [6.45, 7) is 0.716. The standard InChI is InChI=1S/C12H16N2O2S/c15-11(10-8-17-14-13-10)9-3-6-16-12(7-9)4-1-2-5-12/h8-9H,1-7H2. The molecule has 0 aromatic carbocycles. The second-order valence-electron chi connectivity index (χ2n) is 5.08. The van der Waals surface area contributed by atoms with Crippen LogP contribution in [0.2, 0.25) is 0 Å². The van der Waals surface area contributed by atoms with Gasteiger partial charge in [0, 0.05) is 17.9 Å². The maximum atomic E-state index is 12.2. The van der Waals surface area contributed by atoms with Crippen molar-refractivity contribution in [3.8, 4) is 0 Å². The van der Waals surface area contributed by atoms with Crippen LogP contribution in [0.5, 0.6) is 0 Å². The fourth-order valence-electron chi connectivity index (χ4n) is 3.10. The molecule has 1 saturated heterocycles. The van der Waals surface area contributed by atoms with E-state index >= 15 is 0 Å². The molecular formula is C12H16N2O2S. The van der Waals surface area contributed by atoms with Gasteiger partial charge in [0.25, 0.3) is 0 Å². The molecule has 3 rings (SSSR count). The molecule has 1 aliphatic carbocycles. The molecule has 2 aliphatic rings. The Kier molecular flexibility index (Phi) is 2.96. The van der Waals surface area contributed by atoms with Crippen molar-refractivity contribution < 1.29 is 9.53 Å². The molecule has 2 heterocycles. The minimum absolute atomic E-state index is 0.00201. The van der Waals surface area contributed by atoms with Gasteiger partial charge in [-0.15, -0.1) is 5.10 Å². The molecule has 4 nitrogen and oxygen atoms in total. The summed E-state index contributed by atoms with van der Waals surface area (Å²) in [5.74, 6) is 0.249. The Labute approximate surface area is 105 Å². The Morgan fingerprint density at radius 2 is 2.29 bits per heavy atom. The van der Waals surface area contributed by atoms with Gasteiger partial charge in [0.2, 0.25) is 0 Å². The van der Waals surface area contributed by atoms with Crippen LogP contribution in [-0.4, -0.2) is 27.6 Å². The topological polar surface area (TPSA) is 52.1 Å². The van der Waals surface area contributed by atoms with E-state index in [1.807, 2.05) is 0 Å². The average Bonchev–Trinajstić information content (AvgIpc) is 3.00. The molecule has 0 bridgehead atoms. The molecule has 1 atom stereocenters. The summed E-state index contributed by atoms with van der Waals surface area (Å²) in [5.41, 5.74) is 0.539. The van der Waals surface area contributed by atoms with Gasteiger partial charge >= 0.3 is 0 Å². The lowest BCUT2D eigenvalue weighted by atomic mass is 9.82. The number of nitrogens with zero attached hydrogens (tertiary/aromatic N) is 2. The van der Waals surface area contributed by atoms with E-state index in [9.17, 15) is 4.79 Å². The van der Waals surface area contributed by atoms with Crippen molar-refractivity contribution in [3.05, 3.63) is 11.1 Å². The van der Waals surface area contributed by atoms with Crippen molar-refractivity contribution in [2.45, 2.75) is 44.1 Å². The van der Waals surface area contributed by atoms with Crippen LogP contribution in [0.15, 0.2) is 5.38 Å². The molecule has 1 aromatic rings. The number of hydrogen-bond acceptors (Lipinski definition) is 5. The van der Waals surface area contributed by atoms with E-state index < -0.39 is 0 Å². The number of ether oxygens (including phenoxy) is 1. The molecule has 1 aromatic heterocycles. The van der Waals surface area contributed by atoms with E-state index in [0.29, 0.717) is 12.3 Å². The molecule has 1 saturated carbocycles. The minimum Gasteiger partial charge on any atom is -0.375 e.